The first kappa shape index (κ1) is 19.7. The number of phenols is 1. The first-order chi connectivity index (χ1) is 13.5. The molecule has 1 heterocycles. The summed E-state index contributed by atoms with van der Waals surface area (Å²) in [5.41, 5.74) is 1.56. The number of carbonyl (C=O) groups is 2. The van der Waals surface area contributed by atoms with Crippen LogP contribution < -0.4 is 10.1 Å². The van der Waals surface area contributed by atoms with Crippen molar-refractivity contribution in [1.29, 1.82) is 0 Å². The lowest BCUT2D eigenvalue weighted by molar-refractivity contribution is -0.133. The average molecular weight is 382 g/mol. The van der Waals surface area contributed by atoms with Crippen LogP contribution in [-0.4, -0.2) is 41.5 Å². The van der Waals surface area contributed by atoms with Crippen LogP contribution in [-0.2, 0) is 4.79 Å². The molecule has 3 rings (SSSR count). The van der Waals surface area contributed by atoms with Crippen LogP contribution in [0.2, 0.25) is 0 Å². The second-order valence-electron chi connectivity index (χ2n) is 7.05. The molecular formula is C22H26N2O4. The van der Waals surface area contributed by atoms with Gasteiger partial charge < -0.3 is 20.1 Å². The Labute approximate surface area is 165 Å². The first-order valence-electron chi connectivity index (χ1n) is 9.65. The lowest BCUT2D eigenvalue weighted by atomic mass is 10.1. The van der Waals surface area contributed by atoms with Gasteiger partial charge in [-0.05, 0) is 49.6 Å². The molecule has 6 heteroatoms. The number of likely N-dealkylation sites (tertiary alicyclic amines) is 1. The van der Waals surface area contributed by atoms with Crippen molar-refractivity contribution in [3.63, 3.8) is 0 Å². The Morgan fingerprint density at radius 1 is 1.07 bits per heavy atom. The number of nitrogens with one attached hydrogen (secondary N) is 1. The zero-order valence-corrected chi connectivity index (χ0v) is 16.1. The summed E-state index contributed by atoms with van der Waals surface area (Å²) in [6.45, 7) is 3.30. The summed E-state index contributed by atoms with van der Waals surface area (Å²) < 4.78 is 5.69. The number of ether oxygens (including phenoxy) is 1. The molecule has 2 N–H and O–H groups in total. The van der Waals surface area contributed by atoms with Gasteiger partial charge in [0.1, 0.15) is 11.5 Å². The minimum atomic E-state index is -0.404. The fraction of sp³-hybridized carbons (Fsp3) is 0.364. The van der Waals surface area contributed by atoms with E-state index in [1.807, 2.05) is 11.8 Å². The summed E-state index contributed by atoms with van der Waals surface area (Å²) in [7, 11) is 0. The Bertz CT molecular complexity index is 842. The number of benzene rings is 2. The van der Waals surface area contributed by atoms with E-state index in [1.54, 1.807) is 36.4 Å². The van der Waals surface area contributed by atoms with E-state index in [-0.39, 0.29) is 18.3 Å². The van der Waals surface area contributed by atoms with Crippen LogP contribution >= 0.6 is 0 Å². The van der Waals surface area contributed by atoms with Gasteiger partial charge in [-0.15, -0.1) is 0 Å². The Kier molecular flexibility index (Phi) is 6.53. The molecule has 6 nitrogen and oxygen atoms in total. The normalized spacial score (nSPS) is 14.2. The number of anilines is 1. The summed E-state index contributed by atoms with van der Waals surface area (Å²) >= 11 is 0. The fourth-order valence-electron chi connectivity index (χ4n) is 3.27. The highest BCUT2D eigenvalue weighted by atomic mass is 16.5. The molecule has 1 saturated heterocycles. The minimum absolute atomic E-state index is 0.00584. The van der Waals surface area contributed by atoms with Crippen molar-refractivity contribution in [3.8, 4) is 11.5 Å². The quantitative estimate of drug-likeness (QED) is 0.772. The van der Waals surface area contributed by atoms with Crippen LogP contribution in [0.15, 0.2) is 42.5 Å². The second-order valence-corrected chi connectivity index (χ2v) is 7.05. The predicted octanol–water partition coefficient (Wildman–Crippen LogP) is 3.73. The number of rotatable bonds is 5. The third-order valence-corrected chi connectivity index (χ3v) is 4.84. The highest BCUT2D eigenvalue weighted by Crippen LogP contribution is 2.26. The van der Waals surface area contributed by atoms with Crippen LogP contribution in [0.3, 0.4) is 0 Å². The van der Waals surface area contributed by atoms with Crippen molar-refractivity contribution < 1.29 is 19.4 Å². The monoisotopic (exact) mass is 382 g/mol. The maximum atomic E-state index is 12.7. The van der Waals surface area contributed by atoms with Crippen LogP contribution in [0.5, 0.6) is 11.5 Å². The Morgan fingerprint density at radius 3 is 2.54 bits per heavy atom. The number of nitrogens with zero attached hydrogens (tertiary/aromatic N) is 1. The fourth-order valence-corrected chi connectivity index (χ4v) is 3.27. The second kappa shape index (κ2) is 9.26. The van der Waals surface area contributed by atoms with E-state index in [4.69, 9.17) is 4.74 Å². The number of amides is 2. The molecule has 0 spiro atoms. The largest absolute Gasteiger partial charge is 0.506 e. The van der Waals surface area contributed by atoms with E-state index >= 15 is 0 Å². The molecule has 1 aliphatic heterocycles. The van der Waals surface area contributed by atoms with Crippen molar-refractivity contribution >= 4 is 17.5 Å². The molecule has 0 unspecified atom stereocenters. The van der Waals surface area contributed by atoms with Gasteiger partial charge >= 0.3 is 0 Å². The van der Waals surface area contributed by atoms with Crippen molar-refractivity contribution in [2.24, 2.45) is 0 Å². The molecule has 2 aromatic rings. The number of hydrogen-bond donors (Lipinski definition) is 2. The van der Waals surface area contributed by atoms with Crippen molar-refractivity contribution in [3.05, 3.63) is 53.6 Å². The Hall–Kier alpha value is -3.02. The predicted molar refractivity (Wildman–Crippen MR) is 108 cm³/mol. The van der Waals surface area contributed by atoms with E-state index in [9.17, 15) is 14.7 Å². The molecule has 2 amide bonds. The van der Waals surface area contributed by atoms with E-state index in [2.05, 4.69) is 5.32 Å². The Balaban J connectivity index is 1.67. The highest BCUT2D eigenvalue weighted by molar-refractivity contribution is 6.06. The van der Waals surface area contributed by atoms with Gasteiger partial charge in [0.15, 0.2) is 6.61 Å². The van der Waals surface area contributed by atoms with Gasteiger partial charge in [-0.2, -0.15) is 0 Å². The maximum Gasteiger partial charge on any atom is 0.260 e. The third-order valence-electron chi connectivity index (χ3n) is 4.84. The van der Waals surface area contributed by atoms with Crippen LogP contribution in [0.25, 0.3) is 0 Å². The van der Waals surface area contributed by atoms with Crippen LogP contribution in [0.1, 0.15) is 41.6 Å². The maximum absolute atomic E-state index is 12.7. The van der Waals surface area contributed by atoms with Gasteiger partial charge in [0.25, 0.3) is 11.8 Å². The molecule has 148 valence electrons. The molecule has 0 bridgehead atoms. The molecule has 0 atom stereocenters. The van der Waals surface area contributed by atoms with Crippen molar-refractivity contribution in [2.75, 3.05) is 25.0 Å². The van der Waals surface area contributed by atoms with Gasteiger partial charge in [-0.25, -0.2) is 0 Å². The summed E-state index contributed by atoms with van der Waals surface area (Å²) in [4.78, 5) is 27.0. The lowest BCUT2D eigenvalue weighted by Crippen LogP contribution is -2.35. The summed E-state index contributed by atoms with van der Waals surface area (Å²) in [6, 6.07) is 11.8. The Morgan fingerprint density at radius 2 is 1.79 bits per heavy atom. The lowest BCUT2D eigenvalue weighted by Gasteiger charge is -2.20. The van der Waals surface area contributed by atoms with E-state index in [1.165, 1.54) is 6.07 Å². The summed E-state index contributed by atoms with van der Waals surface area (Å²) in [5.74, 6) is -0.129. The molecule has 0 radical (unpaired) electrons. The zero-order valence-electron chi connectivity index (χ0n) is 16.1. The van der Waals surface area contributed by atoms with E-state index < -0.39 is 5.91 Å². The molecule has 0 saturated carbocycles. The number of para-hydroxylation sites is 1. The topological polar surface area (TPSA) is 78.9 Å². The smallest absolute Gasteiger partial charge is 0.260 e. The van der Waals surface area contributed by atoms with Crippen LogP contribution in [0, 0.1) is 6.92 Å². The number of carbonyl (C=O) groups excluding carboxylic acids is 2. The standard InChI is InChI=1S/C22H26N2O4/c1-16-10-11-19(25)18(14-16)23-22(27)17-8-4-5-9-20(17)28-15-21(26)24-12-6-2-3-7-13-24/h4-5,8-11,14,25H,2-3,6-7,12-13,15H2,1H3,(H,23,27). The van der Waals surface area contributed by atoms with Crippen molar-refractivity contribution in [1.82, 2.24) is 4.90 Å². The van der Waals surface area contributed by atoms with Gasteiger partial charge in [-0.1, -0.05) is 31.0 Å². The third kappa shape index (κ3) is 5.03. The van der Waals surface area contributed by atoms with Gasteiger partial charge in [0, 0.05) is 13.1 Å². The summed E-state index contributed by atoms with van der Waals surface area (Å²) in [5, 5.41) is 12.6. The zero-order chi connectivity index (χ0) is 19.9. The average Bonchev–Trinajstić information content (AvgIpc) is 2.98. The number of aryl methyl sites for hydroxylation is 1. The van der Waals surface area contributed by atoms with E-state index in [0.717, 1.165) is 44.3 Å². The van der Waals surface area contributed by atoms with Crippen LogP contribution in [0.4, 0.5) is 5.69 Å². The molecule has 1 fully saturated rings. The van der Waals surface area contributed by atoms with E-state index in [0.29, 0.717) is 17.0 Å². The SMILES string of the molecule is Cc1ccc(O)c(NC(=O)c2ccccc2OCC(=O)N2CCCCCC2)c1. The summed E-state index contributed by atoms with van der Waals surface area (Å²) in [6.07, 6.45) is 4.34. The molecule has 0 aromatic heterocycles. The van der Waals surface area contributed by atoms with Gasteiger partial charge in [0.05, 0.1) is 11.3 Å². The number of hydrogen-bond acceptors (Lipinski definition) is 4. The van der Waals surface area contributed by atoms with Gasteiger partial charge in [0.2, 0.25) is 0 Å². The molecular weight excluding hydrogens is 356 g/mol. The molecule has 1 aliphatic rings. The first-order valence-corrected chi connectivity index (χ1v) is 9.65. The molecule has 2 aromatic carbocycles. The van der Waals surface area contributed by atoms with Gasteiger partial charge in [-0.3, -0.25) is 9.59 Å². The highest BCUT2D eigenvalue weighted by Gasteiger charge is 2.18. The minimum Gasteiger partial charge on any atom is -0.506 e. The number of phenolic OH excluding ortho intramolecular Hbond substituents is 1. The molecule has 0 aliphatic carbocycles. The molecule has 28 heavy (non-hydrogen) atoms. The van der Waals surface area contributed by atoms with Crippen molar-refractivity contribution in [2.45, 2.75) is 32.6 Å². The number of aromatic hydroxyl groups is 1.